The van der Waals surface area contributed by atoms with Crippen LogP contribution in [0.25, 0.3) is 0 Å². The Labute approximate surface area is 146 Å². The minimum atomic E-state index is -1.15. The van der Waals surface area contributed by atoms with Crippen molar-refractivity contribution in [3.05, 3.63) is 29.8 Å². The third-order valence-electron chi connectivity index (χ3n) is 3.15. The lowest BCUT2D eigenvalue weighted by Gasteiger charge is -2.28. The van der Waals surface area contributed by atoms with Crippen LogP contribution in [0.1, 0.15) is 26.3 Å². The summed E-state index contributed by atoms with van der Waals surface area (Å²) in [6.45, 7) is 4.64. The van der Waals surface area contributed by atoms with E-state index in [1.54, 1.807) is 45.0 Å². The number of hydrogen-bond donors (Lipinski definition) is 2. The summed E-state index contributed by atoms with van der Waals surface area (Å²) in [5, 5.41) is 18.0. The third-order valence-corrected chi connectivity index (χ3v) is 3.15. The number of likely N-dealkylation sites (N-methyl/N-ethyl adjacent to an activating group) is 1. The van der Waals surface area contributed by atoms with Crippen LogP contribution in [0.15, 0.2) is 24.3 Å². The minimum Gasteiger partial charge on any atom is -0.482 e. The molecule has 0 saturated heterocycles. The number of carboxylic acids is 2. The van der Waals surface area contributed by atoms with Crippen LogP contribution in [-0.2, 0) is 20.7 Å². The lowest BCUT2D eigenvalue weighted by Crippen LogP contribution is -2.46. The summed E-state index contributed by atoms with van der Waals surface area (Å²) in [7, 11) is 1.37. The maximum atomic E-state index is 12.1. The Morgan fingerprint density at radius 3 is 2.12 bits per heavy atom. The molecule has 0 unspecified atom stereocenters. The molecule has 0 saturated carbocycles. The zero-order valence-electron chi connectivity index (χ0n) is 14.7. The monoisotopic (exact) mass is 353 g/mol. The molecule has 0 aliphatic carbocycles. The van der Waals surface area contributed by atoms with E-state index in [0.29, 0.717) is 11.3 Å². The number of carboxylic acid groups (broad SMARTS) is 2. The second-order valence-corrected chi connectivity index (χ2v) is 6.48. The third kappa shape index (κ3) is 7.11. The predicted octanol–water partition coefficient (Wildman–Crippen LogP) is 2.01. The average molecular weight is 353 g/mol. The number of aliphatic carboxylic acids is 2. The van der Waals surface area contributed by atoms with Gasteiger partial charge in [0, 0.05) is 13.5 Å². The number of rotatable bonds is 7. The van der Waals surface area contributed by atoms with Crippen molar-refractivity contribution in [1.29, 1.82) is 0 Å². The topological polar surface area (TPSA) is 113 Å². The Morgan fingerprint density at radius 1 is 1.12 bits per heavy atom. The summed E-state index contributed by atoms with van der Waals surface area (Å²) in [4.78, 5) is 35.1. The largest absolute Gasteiger partial charge is 0.482 e. The molecule has 0 bridgehead atoms. The quantitative estimate of drug-likeness (QED) is 0.771. The molecule has 2 N–H and O–H groups in total. The summed E-state index contributed by atoms with van der Waals surface area (Å²) in [6.07, 6.45) is -0.647. The number of carbonyl (C=O) groups excluding carboxylic acids is 1. The van der Waals surface area contributed by atoms with Gasteiger partial charge in [0.25, 0.3) is 0 Å². The van der Waals surface area contributed by atoms with Crippen LogP contribution in [0, 0.1) is 0 Å². The van der Waals surface area contributed by atoms with Gasteiger partial charge in [-0.25, -0.2) is 14.4 Å². The molecule has 25 heavy (non-hydrogen) atoms. The molecule has 1 rings (SSSR count). The summed E-state index contributed by atoms with van der Waals surface area (Å²) >= 11 is 0. The molecule has 0 heterocycles. The van der Waals surface area contributed by atoms with Crippen molar-refractivity contribution in [2.75, 3.05) is 13.7 Å². The lowest BCUT2D eigenvalue weighted by molar-refractivity contribution is -0.142. The highest BCUT2D eigenvalue weighted by atomic mass is 16.6. The van der Waals surface area contributed by atoms with Crippen molar-refractivity contribution in [1.82, 2.24) is 4.90 Å². The first-order valence-electron chi connectivity index (χ1n) is 7.62. The van der Waals surface area contributed by atoms with Gasteiger partial charge in [0.2, 0.25) is 0 Å². The van der Waals surface area contributed by atoms with E-state index in [4.69, 9.17) is 14.6 Å². The lowest BCUT2D eigenvalue weighted by atomic mass is 10.1. The highest BCUT2D eigenvalue weighted by Crippen LogP contribution is 2.17. The fourth-order valence-corrected chi connectivity index (χ4v) is 1.94. The van der Waals surface area contributed by atoms with Gasteiger partial charge in [0.15, 0.2) is 6.61 Å². The zero-order chi connectivity index (χ0) is 19.2. The van der Waals surface area contributed by atoms with Gasteiger partial charge in [-0.3, -0.25) is 4.90 Å². The molecule has 8 heteroatoms. The van der Waals surface area contributed by atoms with Gasteiger partial charge >= 0.3 is 18.0 Å². The molecular formula is C17H23NO7. The van der Waals surface area contributed by atoms with Gasteiger partial charge in [0.1, 0.15) is 17.4 Å². The first-order chi connectivity index (χ1) is 11.5. The number of hydrogen-bond acceptors (Lipinski definition) is 5. The molecular weight excluding hydrogens is 330 g/mol. The van der Waals surface area contributed by atoms with Crippen LogP contribution >= 0.6 is 0 Å². The van der Waals surface area contributed by atoms with Crippen molar-refractivity contribution < 1.29 is 34.1 Å². The van der Waals surface area contributed by atoms with E-state index < -0.39 is 36.3 Å². The number of nitrogens with zero attached hydrogens (tertiary/aromatic N) is 1. The van der Waals surface area contributed by atoms with Crippen molar-refractivity contribution in [2.24, 2.45) is 0 Å². The fraction of sp³-hybridized carbons (Fsp3) is 0.471. The van der Waals surface area contributed by atoms with Crippen molar-refractivity contribution >= 4 is 18.0 Å². The van der Waals surface area contributed by atoms with E-state index in [1.807, 2.05) is 0 Å². The molecule has 8 nitrogen and oxygen atoms in total. The van der Waals surface area contributed by atoms with Crippen LogP contribution in [0.3, 0.4) is 0 Å². The summed E-state index contributed by atoms with van der Waals surface area (Å²) in [6, 6.07) is 5.24. The predicted molar refractivity (Wildman–Crippen MR) is 88.7 cm³/mol. The Hall–Kier alpha value is -2.77. The number of benzene rings is 1. The van der Waals surface area contributed by atoms with Gasteiger partial charge in [0.05, 0.1) is 0 Å². The molecule has 1 aromatic rings. The Morgan fingerprint density at radius 2 is 1.68 bits per heavy atom. The van der Waals surface area contributed by atoms with Crippen LogP contribution in [0.2, 0.25) is 0 Å². The molecule has 0 radical (unpaired) electrons. The van der Waals surface area contributed by atoms with E-state index in [1.165, 1.54) is 7.05 Å². The molecule has 0 aromatic heterocycles. The highest BCUT2D eigenvalue weighted by molar-refractivity contribution is 5.80. The number of carbonyl (C=O) groups is 3. The first kappa shape index (κ1) is 20.3. The SMILES string of the molecule is CN(C(=O)OC(C)(C)C)[C@@H](Cc1ccc(OCC(=O)O)cc1)C(=O)O. The standard InChI is InChI=1S/C17H23NO7/c1-17(2,3)25-16(23)18(4)13(15(21)22)9-11-5-7-12(8-6-11)24-10-14(19)20/h5-8,13H,9-10H2,1-4H3,(H,19,20)(H,21,22)/t13-/m0/s1. The second kappa shape index (κ2) is 8.36. The van der Waals surface area contributed by atoms with Gasteiger partial charge in [-0.05, 0) is 38.5 Å². The fourth-order valence-electron chi connectivity index (χ4n) is 1.94. The van der Waals surface area contributed by atoms with Crippen molar-refractivity contribution in [3.63, 3.8) is 0 Å². The Kier molecular flexibility index (Phi) is 6.78. The molecule has 1 aromatic carbocycles. The molecule has 0 aliphatic heterocycles. The normalized spacial score (nSPS) is 12.2. The van der Waals surface area contributed by atoms with Gasteiger partial charge in [-0.2, -0.15) is 0 Å². The smallest absolute Gasteiger partial charge is 0.410 e. The first-order valence-corrected chi connectivity index (χ1v) is 7.62. The van der Waals surface area contributed by atoms with Gasteiger partial charge < -0.3 is 19.7 Å². The molecule has 0 aliphatic rings. The minimum absolute atomic E-state index is 0.0737. The molecule has 1 atom stereocenters. The maximum absolute atomic E-state index is 12.1. The van der Waals surface area contributed by atoms with E-state index in [-0.39, 0.29) is 6.42 Å². The van der Waals surface area contributed by atoms with Crippen molar-refractivity contribution in [3.8, 4) is 5.75 Å². The van der Waals surface area contributed by atoms with E-state index in [9.17, 15) is 19.5 Å². The second-order valence-electron chi connectivity index (χ2n) is 6.48. The maximum Gasteiger partial charge on any atom is 0.410 e. The highest BCUT2D eigenvalue weighted by Gasteiger charge is 2.30. The van der Waals surface area contributed by atoms with Crippen LogP contribution in [-0.4, -0.2) is 58.4 Å². The molecule has 0 fully saturated rings. The number of ether oxygens (including phenoxy) is 2. The Balaban J connectivity index is 2.79. The van der Waals surface area contributed by atoms with Gasteiger partial charge in [-0.15, -0.1) is 0 Å². The zero-order valence-corrected chi connectivity index (χ0v) is 14.7. The van der Waals surface area contributed by atoms with E-state index in [2.05, 4.69) is 0 Å². The number of amides is 1. The van der Waals surface area contributed by atoms with E-state index >= 15 is 0 Å². The summed E-state index contributed by atoms with van der Waals surface area (Å²) < 4.78 is 10.2. The molecule has 0 spiro atoms. The van der Waals surface area contributed by atoms with Crippen molar-refractivity contribution in [2.45, 2.75) is 38.8 Å². The summed E-state index contributed by atoms with van der Waals surface area (Å²) in [5.74, 6) is -1.88. The van der Waals surface area contributed by atoms with Crippen LogP contribution < -0.4 is 4.74 Å². The van der Waals surface area contributed by atoms with Gasteiger partial charge in [-0.1, -0.05) is 12.1 Å². The van der Waals surface area contributed by atoms with Crippen LogP contribution in [0.5, 0.6) is 5.75 Å². The van der Waals surface area contributed by atoms with Crippen LogP contribution in [0.4, 0.5) is 4.79 Å². The van der Waals surface area contributed by atoms with E-state index in [0.717, 1.165) is 4.90 Å². The Bertz CT molecular complexity index is 619. The summed E-state index contributed by atoms with van der Waals surface area (Å²) in [5.41, 5.74) is -0.0668. The molecule has 138 valence electrons. The molecule has 1 amide bonds. The average Bonchev–Trinajstić information content (AvgIpc) is 2.49.